The average Bonchev–Trinajstić information content (AvgIpc) is 3.07. The molecule has 9 heteroatoms. The summed E-state index contributed by atoms with van der Waals surface area (Å²) in [4.78, 5) is 39.1. The highest BCUT2D eigenvalue weighted by Crippen LogP contribution is 2.37. The van der Waals surface area contributed by atoms with Crippen LogP contribution >= 0.6 is 11.6 Å². The van der Waals surface area contributed by atoms with Crippen molar-refractivity contribution in [2.45, 2.75) is 0 Å². The number of carbonyl (C=O) groups is 3. The molecule has 0 unspecified atom stereocenters. The number of nitrogens with one attached hydrogen (secondary N) is 1. The van der Waals surface area contributed by atoms with Gasteiger partial charge in [-0.25, -0.2) is 9.69 Å². The van der Waals surface area contributed by atoms with E-state index in [0.717, 1.165) is 4.90 Å². The zero-order valence-corrected chi connectivity index (χ0v) is 19.0. The lowest BCUT2D eigenvalue weighted by Gasteiger charge is -2.18. The average molecular weight is 479 g/mol. The number of nitrogens with zero attached hydrogens (tertiary/aromatic N) is 1. The van der Waals surface area contributed by atoms with Gasteiger partial charge in [-0.15, -0.1) is 0 Å². The van der Waals surface area contributed by atoms with Crippen molar-refractivity contribution in [1.29, 1.82) is 0 Å². The van der Waals surface area contributed by atoms with Crippen LogP contribution in [0.5, 0.6) is 17.2 Å². The van der Waals surface area contributed by atoms with Gasteiger partial charge in [0.25, 0.3) is 11.8 Å². The van der Waals surface area contributed by atoms with Gasteiger partial charge in [0.05, 0.1) is 25.5 Å². The van der Waals surface area contributed by atoms with Crippen molar-refractivity contribution in [1.82, 2.24) is 0 Å². The van der Waals surface area contributed by atoms with Crippen LogP contribution in [-0.2, 0) is 9.59 Å². The largest absolute Gasteiger partial charge is 0.497 e. The van der Waals surface area contributed by atoms with Crippen LogP contribution in [0.15, 0.2) is 83.5 Å². The molecule has 4 rings (SSSR count). The molecule has 1 aliphatic rings. The van der Waals surface area contributed by atoms with Crippen LogP contribution in [0.1, 0.15) is 10.4 Å². The number of anilines is 2. The lowest BCUT2D eigenvalue weighted by atomic mass is 10.2. The number of rotatable bonds is 7. The third-order valence-corrected chi connectivity index (χ3v) is 5.35. The van der Waals surface area contributed by atoms with Gasteiger partial charge in [-0.05, 0) is 48.5 Å². The summed E-state index contributed by atoms with van der Waals surface area (Å²) in [6.07, 6.45) is 0. The van der Waals surface area contributed by atoms with Crippen molar-refractivity contribution >= 4 is 40.8 Å². The highest BCUT2D eigenvalue weighted by Gasteiger charge is 2.40. The molecule has 0 fully saturated rings. The second kappa shape index (κ2) is 9.68. The molecule has 0 saturated heterocycles. The summed E-state index contributed by atoms with van der Waals surface area (Å²) < 4.78 is 15.8. The van der Waals surface area contributed by atoms with E-state index in [-0.39, 0.29) is 22.2 Å². The molecule has 1 N–H and O–H groups in total. The minimum Gasteiger partial charge on any atom is -0.497 e. The molecule has 0 aromatic heterocycles. The normalized spacial score (nSPS) is 13.2. The van der Waals surface area contributed by atoms with Crippen LogP contribution in [0.25, 0.3) is 0 Å². The maximum Gasteiger partial charge on any atom is 0.343 e. The molecule has 1 aliphatic heterocycles. The monoisotopic (exact) mass is 478 g/mol. The van der Waals surface area contributed by atoms with E-state index in [2.05, 4.69) is 5.32 Å². The number of amides is 2. The molecule has 0 aliphatic carbocycles. The fraction of sp³-hybridized carbons (Fsp3) is 0.0800. The Morgan fingerprint density at radius 3 is 2.21 bits per heavy atom. The molecule has 0 saturated carbocycles. The van der Waals surface area contributed by atoms with E-state index in [1.54, 1.807) is 48.5 Å². The number of para-hydroxylation sites is 1. The summed E-state index contributed by atoms with van der Waals surface area (Å²) in [6, 6.07) is 19.6. The van der Waals surface area contributed by atoms with Gasteiger partial charge in [-0.3, -0.25) is 9.59 Å². The fourth-order valence-corrected chi connectivity index (χ4v) is 3.50. The Morgan fingerprint density at radius 2 is 1.56 bits per heavy atom. The minimum absolute atomic E-state index is 0.0934. The summed E-state index contributed by atoms with van der Waals surface area (Å²) in [5.41, 5.74) is 0.901. The number of imide groups is 1. The Labute approximate surface area is 200 Å². The third-order valence-electron chi connectivity index (χ3n) is 5.00. The molecule has 0 atom stereocenters. The van der Waals surface area contributed by atoms with Crippen LogP contribution in [0.3, 0.4) is 0 Å². The summed E-state index contributed by atoms with van der Waals surface area (Å²) in [5.74, 6) is -0.668. The molecule has 8 nitrogen and oxygen atoms in total. The molecular formula is C25H19ClN2O6. The van der Waals surface area contributed by atoms with Crippen LogP contribution in [0.2, 0.25) is 0 Å². The number of hydrogen-bond donors (Lipinski definition) is 1. The highest BCUT2D eigenvalue weighted by molar-refractivity contribution is 6.53. The van der Waals surface area contributed by atoms with Gasteiger partial charge >= 0.3 is 5.97 Å². The van der Waals surface area contributed by atoms with Crippen molar-refractivity contribution in [2.24, 2.45) is 0 Å². The Balaban J connectivity index is 1.51. The number of methoxy groups -OCH3 is 2. The second-order valence-electron chi connectivity index (χ2n) is 7.08. The van der Waals surface area contributed by atoms with E-state index in [9.17, 15) is 14.4 Å². The second-order valence-corrected chi connectivity index (χ2v) is 7.46. The molecule has 3 aromatic rings. The number of hydrogen-bond acceptors (Lipinski definition) is 7. The first-order valence-electron chi connectivity index (χ1n) is 10.1. The Kier molecular flexibility index (Phi) is 6.51. The van der Waals surface area contributed by atoms with Crippen molar-refractivity contribution in [3.63, 3.8) is 0 Å². The van der Waals surface area contributed by atoms with E-state index in [4.69, 9.17) is 25.8 Å². The van der Waals surface area contributed by atoms with Crippen molar-refractivity contribution in [3.8, 4) is 17.2 Å². The molecule has 3 aromatic carbocycles. The van der Waals surface area contributed by atoms with Crippen LogP contribution < -0.4 is 24.4 Å². The summed E-state index contributed by atoms with van der Waals surface area (Å²) in [6.45, 7) is 0. The van der Waals surface area contributed by atoms with E-state index < -0.39 is 17.8 Å². The van der Waals surface area contributed by atoms with Gasteiger partial charge in [-0.2, -0.15) is 0 Å². The number of halogens is 1. The zero-order valence-electron chi connectivity index (χ0n) is 18.2. The highest BCUT2D eigenvalue weighted by atomic mass is 35.5. The summed E-state index contributed by atoms with van der Waals surface area (Å²) >= 11 is 6.21. The smallest absolute Gasteiger partial charge is 0.343 e. The van der Waals surface area contributed by atoms with Gasteiger partial charge in [0, 0.05) is 11.8 Å². The van der Waals surface area contributed by atoms with Crippen LogP contribution in [-0.4, -0.2) is 32.0 Å². The van der Waals surface area contributed by atoms with E-state index in [1.807, 2.05) is 6.07 Å². The number of carbonyl (C=O) groups excluding carboxylic acids is 3. The van der Waals surface area contributed by atoms with Gasteiger partial charge in [0.1, 0.15) is 28.0 Å². The molecular weight excluding hydrogens is 460 g/mol. The van der Waals surface area contributed by atoms with Crippen LogP contribution in [0.4, 0.5) is 11.4 Å². The fourth-order valence-electron chi connectivity index (χ4n) is 3.29. The third kappa shape index (κ3) is 4.44. The van der Waals surface area contributed by atoms with Crippen molar-refractivity contribution < 1.29 is 28.6 Å². The number of ether oxygens (including phenoxy) is 3. The Bertz CT molecular complexity index is 1290. The number of esters is 1. The Hall–Kier alpha value is -4.30. The number of benzene rings is 3. The maximum atomic E-state index is 13.1. The first-order valence-corrected chi connectivity index (χ1v) is 10.5. The van der Waals surface area contributed by atoms with E-state index in [0.29, 0.717) is 22.7 Å². The first-order chi connectivity index (χ1) is 16.4. The maximum absolute atomic E-state index is 13.1. The quantitative estimate of drug-likeness (QED) is 0.306. The van der Waals surface area contributed by atoms with Crippen LogP contribution in [0, 0.1) is 0 Å². The standard InChI is InChI=1S/C25H19ClN2O6/c1-32-18-12-13-19(20(14-18)33-2)28-23(29)21(26)22(24(28)30)27-16-10-8-15(9-11-16)25(31)34-17-6-4-3-5-7-17/h3-14,27H,1-2H3. The van der Waals surface area contributed by atoms with E-state index >= 15 is 0 Å². The van der Waals surface area contributed by atoms with Gasteiger partial charge < -0.3 is 19.5 Å². The molecule has 0 radical (unpaired) electrons. The predicted octanol–water partition coefficient (Wildman–Crippen LogP) is 4.36. The summed E-state index contributed by atoms with van der Waals surface area (Å²) in [5, 5.41) is 2.60. The zero-order chi connectivity index (χ0) is 24.2. The molecule has 2 amide bonds. The first kappa shape index (κ1) is 22.9. The molecule has 1 heterocycles. The molecule has 34 heavy (non-hydrogen) atoms. The topological polar surface area (TPSA) is 94.2 Å². The SMILES string of the molecule is COc1ccc(N2C(=O)C(Cl)=C(Nc3ccc(C(=O)Oc4ccccc4)cc3)C2=O)c(OC)c1. The Morgan fingerprint density at radius 1 is 0.853 bits per heavy atom. The van der Waals surface area contributed by atoms with Gasteiger partial charge in [-0.1, -0.05) is 29.8 Å². The molecule has 172 valence electrons. The molecule has 0 spiro atoms. The lowest BCUT2D eigenvalue weighted by Crippen LogP contribution is -2.32. The van der Waals surface area contributed by atoms with E-state index in [1.165, 1.54) is 32.4 Å². The predicted molar refractivity (Wildman–Crippen MR) is 126 cm³/mol. The van der Waals surface area contributed by atoms with Crippen molar-refractivity contribution in [2.75, 3.05) is 24.4 Å². The molecule has 0 bridgehead atoms. The van der Waals surface area contributed by atoms with Gasteiger partial charge in [0.15, 0.2) is 0 Å². The summed E-state index contributed by atoms with van der Waals surface area (Å²) in [7, 11) is 2.91. The lowest BCUT2D eigenvalue weighted by molar-refractivity contribution is -0.120. The minimum atomic E-state index is -0.694. The van der Waals surface area contributed by atoms with Crippen molar-refractivity contribution in [3.05, 3.63) is 89.1 Å². The van der Waals surface area contributed by atoms with Gasteiger partial charge in [0.2, 0.25) is 0 Å².